The summed E-state index contributed by atoms with van der Waals surface area (Å²) in [5.41, 5.74) is 1.95. The van der Waals surface area contributed by atoms with E-state index in [-0.39, 0.29) is 11.5 Å². The summed E-state index contributed by atoms with van der Waals surface area (Å²) in [6, 6.07) is 8.79. The van der Waals surface area contributed by atoms with Crippen LogP contribution in [0.15, 0.2) is 47.3 Å². The zero-order valence-corrected chi connectivity index (χ0v) is 13.0. The number of aryl methyl sites for hydroxylation is 1. The Hall–Kier alpha value is -2.69. The number of hydrogen-bond donors (Lipinski definition) is 2. The molecule has 23 heavy (non-hydrogen) atoms. The van der Waals surface area contributed by atoms with Crippen LogP contribution in [0.25, 0.3) is 11.4 Å². The van der Waals surface area contributed by atoms with Crippen molar-refractivity contribution in [2.45, 2.75) is 26.2 Å². The van der Waals surface area contributed by atoms with E-state index in [1.807, 2.05) is 24.3 Å². The molecule has 0 radical (unpaired) electrons. The van der Waals surface area contributed by atoms with Crippen LogP contribution in [0.5, 0.6) is 0 Å². The van der Waals surface area contributed by atoms with Crippen LogP contribution in [0, 0.1) is 12.8 Å². The SMILES string of the molecule is Cc1cc(=O)[nH]c(-c2cccc(NC(=O)C[C@@H]3C=CCC3)c2)n1. The molecule has 5 heteroatoms. The first-order valence-corrected chi connectivity index (χ1v) is 7.75. The van der Waals surface area contributed by atoms with E-state index in [1.165, 1.54) is 6.07 Å². The summed E-state index contributed by atoms with van der Waals surface area (Å²) in [5, 5.41) is 2.92. The Morgan fingerprint density at radius 3 is 3.00 bits per heavy atom. The lowest BCUT2D eigenvalue weighted by Gasteiger charge is -2.10. The van der Waals surface area contributed by atoms with Gasteiger partial charge in [-0.1, -0.05) is 24.3 Å². The van der Waals surface area contributed by atoms with Gasteiger partial charge < -0.3 is 10.3 Å². The second kappa shape index (κ2) is 6.60. The number of nitrogens with zero attached hydrogens (tertiary/aromatic N) is 1. The summed E-state index contributed by atoms with van der Waals surface area (Å²) in [4.78, 5) is 30.7. The lowest BCUT2D eigenvalue weighted by atomic mass is 10.0. The minimum atomic E-state index is -0.185. The highest BCUT2D eigenvalue weighted by Gasteiger charge is 2.14. The third kappa shape index (κ3) is 3.94. The van der Waals surface area contributed by atoms with Crippen LogP contribution in [-0.4, -0.2) is 15.9 Å². The van der Waals surface area contributed by atoms with E-state index in [4.69, 9.17) is 0 Å². The average Bonchev–Trinajstić information content (AvgIpc) is 2.99. The molecule has 0 bridgehead atoms. The number of allylic oxidation sites excluding steroid dienone is 2. The van der Waals surface area contributed by atoms with E-state index in [9.17, 15) is 9.59 Å². The van der Waals surface area contributed by atoms with E-state index in [0.717, 1.165) is 18.4 Å². The predicted molar refractivity (Wildman–Crippen MR) is 90.1 cm³/mol. The fourth-order valence-corrected chi connectivity index (χ4v) is 2.78. The number of nitrogens with one attached hydrogen (secondary N) is 2. The summed E-state index contributed by atoms with van der Waals surface area (Å²) in [5.74, 6) is 0.849. The van der Waals surface area contributed by atoms with E-state index in [2.05, 4.69) is 27.4 Å². The van der Waals surface area contributed by atoms with Gasteiger partial charge in [-0.2, -0.15) is 0 Å². The molecule has 118 valence electrons. The maximum Gasteiger partial charge on any atom is 0.251 e. The number of benzene rings is 1. The van der Waals surface area contributed by atoms with Crippen molar-refractivity contribution in [3.8, 4) is 11.4 Å². The third-order valence-electron chi connectivity index (χ3n) is 3.85. The molecule has 2 aromatic rings. The summed E-state index contributed by atoms with van der Waals surface area (Å²) >= 11 is 0. The molecule has 0 saturated heterocycles. The zero-order chi connectivity index (χ0) is 16.2. The minimum absolute atomic E-state index is 0.00407. The summed E-state index contributed by atoms with van der Waals surface area (Å²) in [6.07, 6.45) is 6.83. The quantitative estimate of drug-likeness (QED) is 0.852. The lowest BCUT2D eigenvalue weighted by molar-refractivity contribution is -0.116. The molecular formula is C18H19N3O2. The maximum atomic E-state index is 12.1. The van der Waals surface area contributed by atoms with Crippen LogP contribution in [0.3, 0.4) is 0 Å². The second-order valence-corrected chi connectivity index (χ2v) is 5.83. The molecule has 2 N–H and O–H groups in total. The molecule has 3 rings (SSSR count). The van der Waals surface area contributed by atoms with Crippen LogP contribution < -0.4 is 10.9 Å². The van der Waals surface area contributed by atoms with Crippen LogP contribution in [0.2, 0.25) is 0 Å². The van der Waals surface area contributed by atoms with Crippen molar-refractivity contribution >= 4 is 11.6 Å². The van der Waals surface area contributed by atoms with Crippen molar-refractivity contribution in [1.29, 1.82) is 0 Å². The van der Waals surface area contributed by atoms with Gasteiger partial charge in [0.05, 0.1) is 0 Å². The van der Waals surface area contributed by atoms with Crippen molar-refractivity contribution in [2.24, 2.45) is 5.92 Å². The van der Waals surface area contributed by atoms with Crippen molar-refractivity contribution in [3.05, 3.63) is 58.5 Å². The monoisotopic (exact) mass is 309 g/mol. The number of H-pyrrole nitrogens is 1. The van der Waals surface area contributed by atoms with Crippen LogP contribution in [0.1, 0.15) is 25.0 Å². The topological polar surface area (TPSA) is 74.8 Å². The van der Waals surface area contributed by atoms with Crippen molar-refractivity contribution in [1.82, 2.24) is 9.97 Å². The molecule has 1 heterocycles. The molecule has 0 unspecified atom stereocenters. The number of hydrogen-bond acceptors (Lipinski definition) is 3. The van der Waals surface area contributed by atoms with E-state index < -0.39 is 0 Å². The normalized spacial score (nSPS) is 16.5. The van der Waals surface area contributed by atoms with Gasteiger partial charge in [0.15, 0.2) is 0 Å². The Bertz CT molecular complexity index is 808. The van der Waals surface area contributed by atoms with E-state index in [1.54, 1.807) is 6.92 Å². The van der Waals surface area contributed by atoms with Gasteiger partial charge in [0.2, 0.25) is 5.91 Å². The third-order valence-corrected chi connectivity index (χ3v) is 3.85. The first-order valence-electron chi connectivity index (χ1n) is 7.75. The van der Waals surface area contributed by atoms with Gasteiger partial charge in [0.25, 0.3) is 5.56 Å². The maximum absolute atomic E-state index is 12.1. The Balaban J connectivity index is 1.75. The zero-order valence-electron chi connectivity index (χ0n) is 13.0. The van der Waals surface area contributed by atoms with Crippen LogP contribution in [0.4, 0.5) is 5.69 Å². The highest BCUT2D eigenvalue weighted by atomic mass is 16.1. The first kappa shape index (κ1) is 15.2. The predicted octanol–water partition coefficient (Wildman–Crippen LogP) is 3.04. The number of rotatable bonds is 4. The number of amides is 1. The van der Waals surface area contributed by atoms with E-state index in [0.29, 0.717) is 29.5 Å². The Labute approximate surface area is 134 Å². The number of anilines is 1. The highest BCUT2D eigenvalue weighted by molar-refractivity contribution is 5.91. The van der Waals surface area contributed by atoms with Crippen LogP contribution >= 0.6 is 0 Å². The Kier molecular flexibility index (Phi) is 4.37. The Morgan fingerprint density at radius 2 is 2.26 bits per heavy atom. The van der Waals surface area contributed by atoms with Gasteiger partial charge in [-0.05, 0) is 37.8 Å². The van der Waals surface area contributed by atoms with Gasteiger partial charge in [-0.15, -0.1) is 0 Å². The molecule has 0 saturated carbocycles. The molecule has 0 fully saturated rings. The molecule has 1 atom stereocenters. The fraction of sp³-hybridized carbons (Fsp3) is 0.278. The van der Waals surface area contributed by atoms with Gasteiger partial charge in [0.1, 0.15) is 5.82 Å². The number of aromatic nitrogens is 2. The fourth-order valence-electron chi connectivity index (χ4n) is 2.78. The van der Waals surface area contributed by atoms with Crippen molar-refractivity contribution < 1.29 is 4.79 Å². The first-order chi connectivity index (χ1) is 11.1. The van der Waals surface area contributed by atoms with Gasteiger partial charge in [-0.25, -0.2) is 4.98 Å². The smallest absolute Gasteiger partial charge is 0.251 e. The minimum Gasteiger partial charge on any atom is -0.326 e. The highest BCUT2D eigenvalue weighted by Crippen LogP contribution is 2.22. The summed E-state index contributed by atoms with van der Waals surface area (Å²) < 4.78 is 0. The standard InChI is InChI=1S/C18H19N3O2/c1-12-9-16(22)21-18(19-12)14-7-4-8-15(11-14)20-17(23)10-13-5-2-3-6-13/h2,4-5,7-9,11,13H,3,6,10H2,1H3,(H,20,23)(H,19,21,22)/t13-/m1/s1. The van der Waals surface area contributed by atoms with Crippen molar-refractivity contribution in [3.63, 3.8) is 0 Å². The molecule has 1 aromatic heterocycles. The molecular weight excluding hydrogens is 290 g/mol. The molecule has 1 aliphatic carbocycles. The van der Waals surface area contributed by atoms with Gasteiger partial charge in [-0.3, -0.25) is 9.59 Å². The molecule has 1 aliphatic rings. The summed E-state index contributed by atoms with van der Waals surface area (Å²) in [7, 11) is 0. The lowest BCUT2D eigenvalue weighted by Crippen LogP contribution is -2.15. The average molecular weight is 309 g/mol. The number of carbonyl (C=O) groups excluding carboxylic acids is 1. The molecule has 5 nitrogen and oxygen atoms in total. The van der Waals surface area contributed by atoms with Gasteiger partial charge in [0, 0.05) is 29.4 Å². The summed E-state index contributed by atoms with van der Waals surface area (Å²) in [6.45, 7) is 1.78. The molecule has 1 amide bonds. The molecule has 1 aromatic carbocycles. The second-order valence-electron chi connectivity index (χ2n) is 5.83. The number of aromatic amines is 1. The van der Waals surface area contributed by atoms with E-state index >= 15 is 0 Å². The molecule has 0 aliphatic heterocycles. The van der Waals surface area contributed by atoms with Crippen molar-refractivity contribution in [2.75, 3.05) is 5.32 Å². The molecule has 0 spiro atoms. The van der Waals surface area contributed by atoms with Gasteiger partial charge >= 0.3 is 0 Å². The largest absolute Gasteiger partial charge is 0.326 e. The Morgan fingerprint density at radius 1 is 1.39 bits per heavy atom. The number of carbonyl (C=O) groups is 1. The van der Waals surface area contributed by atoms with Crippen LogP contribution in [-0.2, 0) is 4.79 Å².